The maximum Gasteiger partial charge on any atom is 0.0714 e. The van der Waals surface area contributed by atoms with Crippen molar-refractivity contribution < 1.29 is 0 Å². The fourth-order valence-electron chi connectivity index (χ4n) is 8.59. The van der Waals surface area contributed by atoms with Crippen LogP contribution in [0, 0.1) is 13.8 Å². The maximum absolute atomic E-state index is 2.51. The van der Waals surface area contributed by atoms with Gasteiger partial charge in [0.05, 0.1) is 16.8 Å². The Balaban J connectivity index is 1.33. The summed E-state index contributed by atoms with van der Waals surface area (Å²) in [5, 5.41) is 0. The summed E-state index contributed by atoms with van der Waals surface area (Å²) in [6, 6.07) is 73.2. The predicted molar refractivity (Wildman–Crippen MR) is 219 cm³/mol. The van der Waals surface area contributed by atoms with E-state index in [1.165, 1.54) is 78.1 Å². The van der Waals surface area contributed by atoms with Crippen molar-refractivity contribution in [2.75, 3.05) is 4.90 Å². The number of benzene rings is 8. The van der Waals surface area contributed by atoms with Crippen molar-refractivity contribution in [3.63, 3.8) is 0 Å². The van der Waals surface area contributed by atoms with Crippen LogP contribution in [-0.2, 0) is 5.41 Å². The van der Waals surface area contributed by atoms with Gasteiger partial charge in [0.15, 0.2) is 0 Å². The fourth-order valence-corrected chi connectivity index (χ4v) is 8.59. The Morgan fingerprint density at radius 3 is 1.42 bits per heavy atom. The van der Waals surface area contributed by atoms with E-state index in [1.807, 2.05) is 0 Å². The number of hydrogen-bond acceptors (Lipinski definition) is 1. The van der Waals surface area contributed by atoms with Gasteiger partial charge in [0, 0.05) is 11.3 Å². The Bertz CT molecular complexity index is 2440. The van der Waals surface area contributed by atoms with Gasteiger partial charge in [0.2, 0.25) is 0 Å². The molecule has 52 heavy (non-hydrogen) atoms. The van der Waals surface area contributed by atoms with Crippen LogP contribution >= 0.6 is 0 Å². The van der Waals surface area contributed by atoms with Gasteiger partial charge in [-0.1, -0.05) is 170 Å². The molecule has 0 bridgehead atoms. The first-order chi connectivity index (χ1) is 25.6. The Morgan fingerprint density at radius 2 is 0.846 bits per heavy atom. The number of nitrogens with zero attached hydrogens (tertiary/aromatic N) is 1. The normalized spacial score (nSPS) is 12.6. The largest absolute Gasteiger partial charge is 0.309 e. The van der Waals surface area contributed by atoms with Crippen LogP contribution in [0.4, 0.5) is 17.1 Å². The third kappa shape index (κ3) is 5.09. The molecule has 0 atom stereocenters. The maximum atomic E-state index is 2.51. The van der Waals surface area contributed by atoms with Gasteiger partial charge in [-0.2, -0.15) is 0 Å². The third-order valence-electron chi connectivity index (χ3n) is 10.8. The average Bonchev–Trinajstić information content (AvgIpc) is 3.52. The van der Waals surface area contributed by atoms with Crippen LogP contribution in [0.5, 0.6) is 0 Å². The Morgan fingerprint density at radius 1 is 0.385 bits per heavy atom. The quantitative estimate of drug-likeness (QED) is 0.164. The molecule has 9 rings (SSSR count). The van der Waals surface area contributed by atoms with Gasteiger partial charge in [0.25, 0.3) is 0 Å². The first-order valence-corrected chi connectivity index (χ1v) is 18.1. The fraction of sp³-hybridized carbons (Fsp3) is 0.0588. The Kier molecular flexibility index (Phi) is 7.90. The van der Waals surface area contributed by atoms with E-state index in [-0.39, 0.29) is 0 Å². The molecule has 0 amide bonds. The first-order valence-electron chi connectivity index (χ1n) is 18.1. The standard InChI is InChI=1S/C51H39N/c1-36-34-41(39-20-9-4-10-21-39)35-37(2)50(36)52(44-32-30-40(31-33-44)38-18-7-3-8-19-38)48-29-17-28-47-49(48)45-26-15-16-27-46(45)51(47,42-22-11-5-12-23-42)43-24-13-6-14-25-43/h3-35H,1-2H3. The van der Waals surface area contributed by atoms with E-state index in [1.54, 1.807) is 0 Å². The van der Waals surface area contributed by atoms with E-state index in [0.29, 0.717) is 0 Å². The summed E-state index contributed by atoms with van der Waals surface area (Å²) in [4.78, 5) is 2.51. The monoisotopic (exact) mass is 665 g/mol. The zero-order chi connectivity index (χ0) is 35.1. The smallest absolute Gasteiger partial charge is 0.0714 e. The molecule has 1 aliphatic carbocycles. The second-order valence-corrected chi connectivity index (χ2v) is 13.8. The molecule has 1 aliphatic rings. The summed E-state index contributed by atoms with van der Waals surface area (Å²) in [6.07, 6.45) is 0. The summed E-state index contributed by atoms with van der Waals surface area (Å²) in [5.41, 5.74) is 18.0. The Hall–Kier alpha value is -6.44. The molecule has 0 N–H and O–H groups in total. The molecule has 0 saturated heterocycles. The minimum absolute atomic E-state index is 0.478. The summed E-state index contributed by atoms with van der Waals surface area (Å²) >= 11 is 0. The number of fused-ring (bicyclic) bond motifs is 3. The zero-order valence-corrected chi connectivity index (χ0v) is 29.5. The van der Waals surface area contributed by atoms with Crippen molar-refractivity contribution >= 4 is 17.1 Å². The van der Waals surface area contributed by atoms with Crippen molar-refractivity contribution in [3.8, 4) is 33.4 Å². The summed E-state index contributed by atoms with van der Waals surface area (Å²) in [6.45, 7) is 4.52. The highest BCUT2D eigenvalue weighted by Crippen LogP contribution is 2.59. The molecule has 0 heterocycles. The third-order valence-corrected chi connectivity index (χ3v) is 10.8. The topological polar surface area (TPSA) is 3.24 Å². The van der Waals surface area contributed by atoms with Gasteiger partial charge < -0.3 is 4.90 Å². The van der Waals surface area contributed by atoms with Crippen LogP contribution < -0.4 is 4.90 Å². The average molecular weight is 666 g/mol. The van der Waals surface area contributed by atoms with Crippen molar-refractivity contribution in [2.24, 2.45) is 0 Å². The molecule has 8 aromatic carbocycles. The van der Waals surface area contributed by atoms with Gasteiger partial charge in [0.1, 0.15) is 0 Å². The lowest BCUT2D eigenvalue weighted by atomic mass is 9.68. The highest BCUT2D eigenvalue weighted by molar-refractivity contribution is 5.98. The van der Waals surface area contributed by atoms with Gasteiger partial charge in [-0.15, -0.1) is 0 Å². The SMILES string of the molecule is Cc1cc(-c2ccccc2)cc(C)c1N(c1ccc(-c2ccccc2)cc1)c1cccc2c1-c1ccccc1C2(c1ccccc1)c1ccccc1. The van der Waals surface area contributed by atoms with Crippen LogP contribution in [-0.4, -0.2) is 0 Å². The second-order valence-electron chi connectivity index (χ2n) is 13.8. The molecule has 1 heteroatoms. The molecule has 0 saturated carbocycles. The van der Waals surface area contributed by atoms with Gasteiger partial charge in [-0.3, -0.25) is 0 Å². The van der Waals surface area contributed by atoms with Crippen LogP contribution in [0.1, 0.15) is 33.4 Å². The van der Waals surface area contributed by atoms with Gasteiger partial charge >= 0.3 is 0 Å². The molecule has 0 radical (unpaired) electrons. The summed E-state index contributed by atoms with van der Waals surface area (Å²) in [7, 11) is 0. The van der Waals surface area contributed by atoms with E-state index in [2.05, 4.69) is 219 Å². The molecule has 0 aliphatic heterocycles. The lowest BCUT2D eigenvalue weighted by Crippen LogP contribution is -2.28. The van der Waals surface area contributed by atoms with E-state index in [9.17, 15) is 0 Å². The van der Waals surface area contributed by atoms with Crippen LogP contribution in [0.3, 0.4) is 0 Å². The molecular formula is C51H39N. The van der Waals surface area contributed by atoms with Gasteiger partial charge in [-0.25, -0.2) is 0 Å². The molecule has 0 unspecified atom stereocenters. The lowest BCUT2D eigenvalue weighted by Gasteiger charge is -2.35. The van der Waals surface area contributed by atoms with E-state index < -0.39 is 5.41 Å². The minimum atomic E-state index is -0.478. The lowest BCUT2D eigenvalue weighted by molar-refractivity contribution is 0.768. The molecule has 8 aromatic rings. The van der Waals surface area contributed by atoms with Crippen molar-refractivity contribution in [1.29, 1.82) is 0 Å². The Labute approximate surface area is 307 Å². The molecule has 1 nitrogen and oxygen atoms in total. The van der Waals surface area contributed by atoms with Crippen LogP contribution in [0.2, 0.25) is 0 Å². The second kappa shape index (κ2) is 13.0. The number of anilines is 3. The highest BCUT2D eigenvalue weighted by atomic mass is 15.1. The number of hydrogen-bond donors (Lipinski definition) is 0. The first kappa shape index (κ1) is 31.5. The van der Waals surface area contributed by atoms with Crippen molar-refractivity contribution in [2.45, 2.75) is 19.3 Å². The molecule has 248 valence electrons. The number of rotatable bonds is 7. The zero-order valence-electron chi connectivity index (χ0n) is 29.5. The summed E-state index contributed by atoms with van der Waals surface area (Å²) < 4.78 is 0. The van der Waals surface area contributed by atoms with Crippen LogP contribution in [0.15, 0.2) is 200 Å². The minimum Gasteiger partial charge on any atom is -0.309 e. The van der Waals surface area contributed by atoms with E-state index >= 15 is 0 Å². The number of aryl methyl sites for hydroxylation is 2. The van der Waals surface area contributed by atoms with Crippen molar-refractivity contribution in [3.05, 3.63) is 234 Å². The molecule has 0 fully saturated rings. The molecular weight excluding hydrogens is 627 g/mol. The van der Waals surface area contributed by atoms with Crippen molar-refractivity contribution in [1.82, 2.24) is 0 Å². The highest BCUT2D eigenvalue weighted by Gasteiger charge is 2.47. The van der Waals surface area contributed by atoms with Gasteiger partial charge in [-0.05, 0) is 105 Å². The predicted octanol–water partition coefficient (Wildman–Crippen LogP) is 13.5. The molecule has 0 spiro atoms. The molecule has 0 aromatic heterocycles. The van der Waals surface area contributed by atoms with E-state index in [0.717, 1.165) is 5.69 Å². The van der Waals surface area contributed by atoms with Crippen LogP contribution in [0.25, 0.3) is 33.4 Å². The summed E-state index contributed by atoms with van der Waals surface area (Å²) in [5.74, 6) is 0. The van der Waals surface area contributed by atoms with E-state index in [4.69, 9.17) is 0 Å².